The summed E-state index contributed by atoms with van der Waals surface area (Å²) in [5.74, 6) is -0.317. The van der Waals surface area contributed by atoms with E-state index in [0.717, 1.165) is 11.1 Å². The molecule has 33 heavy (non-hydrogen) atoms. The minimum atomic E-state index is -1.32. The summed E-state index contributed by atoms with van der Waals surface area (Å²) in [4.78, 5) is 31.1. The number of halogens is 2. The number of benzene rings is 3. The first-order chi connectivity index (χ1) is 15.8. The number of nitrogens with one attached hydrogen (secondary N) is 1. The molecule has 1 N–H and O–H groups in total. The molecule has 5 nitrogen and oxygen atoms in total. The highest BCUT2D eigenvalue weighted by Crippen LogP contribution is 2.50. The zero-order chi connectivity index (χ0) is 23.3. The second kappa shape index (κ2) is 8.17. The molecule has 0 spiro atoms. The molecule has 0 aliphatic carbocycles. The van der Waals surface area contributed by atoms with E-state index in [0.29, 0.717) is 39.8 Å². The molecule has 168 valence electrons. The Balaban J connectivity index is 1.83. The van der Waals surface area contributed by atoms with Crippen molar-refractivity contribution in [2.24, 2.45) is 0 Å². The Morgan fingerprint density at radius 2 is 1.70 bits per heavy atom. The summed E-state index contributed by atoms with van der Waals surface area (Å²) in [6.45, 7) is 0.408. The van der Waals surface area contributed by atoms with Crippen LogP contribution >= 0.6 is 23.2 Å². The highest BCUT2D eigenvalue weighted by molar-refractivity contribution is 6.32. The standard InChI is InChI=1S/C26H23Cl2N3O2/c1-30(2)24(32)23-13-16-7-3-4-8-17(16)15-31(23)26(19-9-5-6-10-21(19)28)20-14-18(27)11-12-22(20)29-25(26)33/h3-12,14,23H,13,15H2,1-2H3,(H,29,33)/t23-,26?/m0/s1. The third-order valence-electron chi connectivity index (χ3n) is 6.62. The van der Waals surface area contributed by atoms with Gasteiger partial charge in [0.15, 0.2) is 5.54 Å². The third kappa shape index (κ3) is 3.34. The van der Waals surface area contributed by atoms with Gasteiger partial charge in [0, 0.05) is 47.5 Å². The Kier molecular flexibility index (Phi) is 5.44. The molecule has 3 aromatic carbocycles. The maximum atomic E-state index is 14.0. The van der Waals surface area contributed by atoms with Crippen LogP contribution in [0.2, 0.25) is 10.0 Å². The van der Waals surface area contributed by atoms with Gasteiger partial charge in [-0.2, -0.15) is 0 Å². The van der Waals surface area contributed by atoms with Gasteiger partial charge in [-0.25, -0.2) is 0 Å². The van der Waals surface area contributed by atoms with Crippen molar-refractivity contribution in [3.8, 4) is 0 Å². The lowest BCUT2D eigenvalue weighted by Crippen LogP contribution is -2.61. The number of carbonyl (C=O) groups is 2. The molecule has 0 bridgehead atoms. The van der Waals surface area contributed by atoms with Crippen molar-refractivity contribution in [1.82, 2.24) is 9.80 Å². The minimum absolute atomic E-state index is 0.0702. The maximum Gasteiger partial charge on any atom is 0.254 e. The van der Waals surface area contributed by atoms with Gasteiger partial charge in [-0.05, 0) is 41.8 Å². The summed E-state index contributed by atoms with van der Waals surface area (Å²) in [6.07, 6.45) is 0.489. The second-order valence-electron chi connectivity index (χ2n) is 8.68. The molecule has 2 aliphatic heterocycles. The van der Waals surface area contributed by atoms with Gasteiger partial charge in [-0.15, -0.1) is 0 Å². The third-order valence-corrected chi connectivity index (χ3v) is 7.18. The molecule has 0 aromatic heterocycles. The van der Waals surface area contributed by atoms with Crippen LogP contribution in [0.3, 0.4) is 0 Å². The smallest absolute Gasteiger partial charge is 0.254 e. The van der Waals surface area contributed by atoms with E-state index >= 15 is 0 Å². The van der Waals surface area contributed by atoms with Gasteiger partial charge in [0.2, 0.25) is 5.91 Å². The summed E-state index contributed by atoms with van der Waals surface area (Å²) >= 11 is 13.2. The van der Waals surface area contributed by atoms with E-state index in [-0.39, 0.29) is 11.8 Å². The van der Waals surface area contributed by atoms with Crippen molar-refractivity contribution < 1.29 is 9.59 Å². The lowest BCUT2D eigenvalue weighted by molar-refractivity contribution is -0.141. The lowest BCUT2D eigenvalue weighted by Gasteiger charge is -2.47. The van der Waals surface area contributed by atoms with Crippen LogP contribution in [0.25, 0.3) is 0 Å². The maximum absolute atomic E-state index is 14.0. The SMILES string of the molecule is CN(C)C(=O)[C@@H]1Cc2ccccc2CN1C1(c2ccccc2Cl)C(=O)Nc2ccc(Cl)cc21. The van der Waals surface area contributed by atoms with Crippen LogP contribution < -0.4 is 5.32 Å². The molecule has 7 heteroatoms. The van der Waals surface area contributed by atoms with E-state index in [1.54, 1.807) is 43.3 Å². The van der Waals surface area contributed by atoms with Crippen LogP contribution in [0, 0.1) is 0 Å². The number of fused-ring (bicyclic) bond motifs is 2. The molecular formula is C26H23Cl2N3O2. The number of hydrogen-bond donors (Lipinski definition) is 1. The molecular weight excluding hydrogens is 457 g/mol. The molecule has 2 amide bonds. The van der Waals surface area contributed by atoms with E-state index in [2.05, 4.69) is 5.32 Å². The van der Waals surface area contributed by atoms with Gasteiger partial charge in [-0.1, -0.05) is 65.7 Å². The Bertz CT molecular complexity index is 1280. The number of likely N-dealkylation sites (N-methyl/N-ethyl adjacent to an activating group) is 1. The Labute approximate surface area is 202 Å². The minimum Gasteiger partial charge on any atom is -0.347 e. The zero-order valence-electron chi connectivity index (χ0n) is 18.3. The summed E-state index contributed by atoms with van der Waals surface area (Å²) in [6, 6.07) is 20.2. The largest absolute Gasteiger partial charge is 0.347 e. The number of nitrogens with zero attached hydrogens (tertiary/aromatic N) is 2. The molecule has 2 atom stereocenters. The van der Waals surface area contributed by atoms with Crippen molar-refractivity contribution in [2.75, 3.05) is 19.4 Å². The van der Waals surface area contributed by atoms with E-state index in [1.807, 2.05) is 47.4 Å². The molecule has 0 radical (unpaired) electrons. The average Bonchev–Trinajstić information content (AvgIpc) is 3.09. The van der Waals surface area contributed by atoms with Crippen LogP contribution in [-0.2, 0) is 28.1 Å². The van der Waals surface area contributed by atoms with E-state index in [9.17, 15) is 9.59 Å². The Hall–Kier alpha value is -2.86. The zero-order valence-corrected chi connectivity index (χ0v) is 19.8. The molecule has 0 saturated carbocycles. The predicted octanol–water partition coefficient (Wildman–Crippen LogP) is 4.70. The summed E-state index contributed by atoms with van der Waals surface area (Å²) in [5.41, 5.74) is 2.86. The van der Waals surface area contributed by atoms with Gasteiger partial charge in [0.1, 0.15) is 0 Å². The second-order valence-corrected chi connectivity index (χ2v) is 9.53. The van der Waals surface area contributed by atoms with Gasteiger partial charge in [0.05, 0.1) is 6.04 Å². The fraction of sp³-hybridized carbons (Fsp3) is 0.231. The molecule has 2 heterocycles. The van der Waals surface area contributed by atoms with E-state index in [1.165, 1.54) is 0 Å². The number of rotatable bonds is 3. The predicted molar refractivity (Wildman–Crippen MR) is 130 cm³/mol. The molecule has 3 aromatic rings. The van der Waals surface area contributed by atoms with Gasteiger partial charge in [0.25, 0.3) is 5.91 Å². The van der Waals surface area contributed by atoms with Gasteiger partial charge in [-0.3, -0.25) is 14.5 Å². The highest BCUT2D eigenvalue weighted by atomic mass is 35.5. The van der Waals surface area contributed by atoms with Crippen LogP contribution in [0.1, 0.15) is 22.3 Å². The van der Waals surface area contributed by atoms with Crippen molar-refractivity contribution in [2.45, 2.75) is 24.5 Å². The topological polar surface area (TPSA) is 52.7 Å². The fourth-order valence-corrected chi connectivity index (χ4v) is 5.56. The molecule has 1 unspecified atom stereocenters. The summed E-state index contributed by atoms with van der Waals surface area (Å²) in [5, 5.41) is 3.99. The first kappa shape index (κ1) is 22.0. The Morgan fingerprint density at radius 1 is 1.00 bits per heavy atom. The quantitative estimate of drug-likeness (QED) is 0.591. The molecule has 5 rings (SSSR count). The van der Waals surface area contributed by atoms with Crippen LogP contribution in [0.4, 0.5) is 5.69 Å². The van der Waals surface area contributed by atoms with Crippen molar-refractivity contribution in [1.29, 1.82) is 0 Å². The van der Waals surface area contributed by atoms with Gasteiger partial charge >= 0.3 is 0 Å². The fourth-order valence-electron chi connectivity index (χ4n) is 5.12. The van der Waals surface area contributed by atoms with Gasteiger partial charge < -0.3 is 10.2 Å². The molecule has 0 fully saturated rings. The van der Waals surface area contributed by atoms with Crippen LogP contribution in [-0.4, -0.2) is 41.8 Å². The highest BCUT2D eigenvalue weighted by Gasteiger charge is 2.57. The van der Waals surface area contributed by atoms with E-state index in [4.69, 9.17) is 23.2 Å². The normalized spacial score (nSPS) is 21.8. The summed E-state index contributed by atoms with van der Waals surface area (Å²) < 4.78 is 0. The monoisotopic (exact) mass is 479 g/mol. The molecule has 0 saturated heterocycles. The van der Waals surface area contributed by atoms with Crippen LogP contribution in [0.15, 0.2) is 66.7 Å². The summed E-state index contributed by atoms with van der Waals surface area (Å²) in [7, 11) is 3.48. The number of carbonyl (C=O) groups excluding carboxylic acids is 2. The number of hydrogen-bond acceptors (Lipinski definition) is 3. The first-order valence-electron chi connectivity index (χ1n) is 10.7. The van der Waals surface area contributed by atoms with Crippen molar-refractivity contribution in [3.05, 3.63) is 99.0 Å². The number of amides is 2. The van der Waals surface area contributed by atoms with E-state index < -0.39 is 11.6 Å². The first-order valence-corrected chi connectivity index (χ1v) is 11.5. The lowest BCUT2D eigenvalue weighted by atomic mass is 9.78. The van der Waals surface area contributed by atoms with Crippen LogP contribution in [0.5, 0.6) is 0 Å². The Morgan fingerprint density at radius 3 is 2.42 bits per heavy atom. The molecule has 2 aliphatic rings. The number of anilines is 1. The van der Waals surface area contributed by atoms with Crippen molar-refractivity contribution >= 4 is 40.7 Å². The average molecular weight is 480 g/mol. The van der Waals surface area contributed by atoms with Crippen molar-refractivity contribution in [3.63, 3.8) is 0 Å².